The molecule has 20 heavy (non-hydrogen) atoms. The summed E-state index contributed by atoms with van der Waals surface area (Å²) in [7, 11) is 2.18. The van der Waals surface area contributed by atoms with E-state index in [1.54, 1.807) is 0 Å². The van der Waals surface area contributed by atoms with Crippen LogP contribution in [0.3, 0.4) is 0 Å². The van der Waals surface area contributed by atoms with Crippen LogP contribution in [0.2, 0.25) is 0 Å². The molecule has 1 aromatic heterocycles. The third-order valence-corrected chi connectivity index (χ3v) is 4.52. The van der Waals surface area contributed by atoms with Gasteiger partial charge in [0.1, 0.15) is 6.07 Å². The highest BCUT2D eigenvalue weighted by Crippen LogP contribution is 2.28. The maximum Gasteiger partial charge on any atom is 0.178 e. The molecule has 1 aromatic carbocycles. The van der Waals surface area contributed by atoms with Gasteiger partial charge in [0.05, 0.1) is 16.6 Å². The van der Waals surface area contributed by atoms with E-state index in [4.69, 9.17) is 17.5 Å². The van der Waals surface area contributed by atoms with Crippen LogP contribution in [0.4, 0.5) is 0 Å². The molecule has 1 unspecified atom stereocenters. The van der Waals surface area contributed by atoms with Crippen molar-refractivity contribution in [2.45, 2.75) is 38.4 Å². The van der Waals surface area contributed by atoms with E-state index in [0.717, 1.165) is 23.6 Å². The highest BCUT2D eigenvalue weighted by molar-refractivity contribution is 7.71. The summed E-state index contributed by atoms with van der Waals surface area (Å²) in [5.74, 6) is 0. The monoisotopic (exact) mass is 286 g/mol. The van der Waals surface area contributed by atoms with Crippen molar-refractivity contribution < 1.29 is 0 Å². The number of likely N-dealkylation sites (N-methyl/N-ethyl adjacent to an activating group) is 1. The third kappa shape index (κ3) is 2.26. The fourth-order valence-corrected chi connectivity index (χ4v) is 2.96. The molecule has 0 bridgehead atoms. The minimum absolute atomic E-state index is 0.430. The second kappa shape index (κ2) is 5.04. The molecular weight excluding hydrogens is 268 g/mol. The maximum absolute atomic E-state index is 9.17. The summed E-state index contributed by atoms with van der Waals surface area (Å²) in [4.78, 5) is 5.60. The third-order valence-electron chi connectivity index (χ3n) is 4.20. The molecule has 0 saturated heterocycles. The van der Waals surface area contributed by atoms with Gasteiger partial charge in [0.15, 0.2) is 4.77 Å². The Balaban J connectivity index is 1.97. The zero-order chi connectivity index (χ0) is 14.3. The van der Waals surface area contributed by atoms with E-state index in [2.05, 4.69) is 34.5 Å². The number of benzene rings is 1. The summed E-state index contributed by atoms with van der Waals surface area (Å²) < 4.78 is 2.80. The Hall–Kier alpha value is -1.64. The molecule has 1 atom stereocenters. The van der Waals surface area contributed by atoms with Gasteiger partial charge >= 0.3 is 0 Å². The van der Waals surface area contributed by atoms with Crippen LogP contribution in [0.25, 0.3) is 11.0 Å². The van der Waals surface area contributed by atoms with Crippen LogP contribution in [0.1, 0.15) is 25.3 Å². The lowest BCUT2D eigenvalue weighted by molar-refractivity contribution is 0.226. The lowest BCUT2D eigenvalue weighted by Crippen LogP contribution is -2.34. The second-order valence-corrected chi connectivity index (χ2v) is 5.98. The van der Waals surface area contributed by atoms with Crippen LogP contribution in [-0.2, 0) is 6.54 Å². The summed E-state index contributed by atoms with van der Waals surface area (Å²) in [6, 6.07) is 9.13. The minimum Gasteiger partial charge on any atom is -0.329 e. The summed E-state index contributed by atoms with van der Waals surface area (Å²) in [6.07, 6.45) is 2.61. The Morgan fingerprint density at radius 1 is 1.55 bits per heavy atom. The molecule has 1 heterocycles. The Morgan fingerprint density at radius 2 is 2.30 bits per heavy atom. The van der Waals surface area contributed by atoms with Crippen molar-refractivity contribution in [2.75, 3.05) is 7.05 Å². The summed E-state index contributed by atoms with van der Waals surface area (Å²) in [6.45, 7) is 3.08. The molecule has 3 rings (SSSR count). The van der Waals surface area contributed by atoms with E-state index in [-0.39, 0.29) is 0 Å². The van der Waals surface area contributed by atoms with Crippen LogP contribution in [0.5, 0.6) is 0 Å². The van der Waals surface area contributed by atoms with Gasteiger partial charge in [0, 0.05) is 18.6 Å². The Morgan fingerprint density at radius 3 is 2.95 bits per heavy atom. The molecule has 0 radical (unpaired) electrons. The Kier molecular flexibility index (Phi) is 3.36. The zero-order valence-electron chi connectivity index (χ0n) is 11.8. The van der Waals surface area contributed by atoms with Gasteiger partial charge in [-0.15, -0.1) is 0 Å². The molecule has 1 aliphatic rings. The fraction of sp³-hybridized carbons (Fsp3) is 0.467. The number of fused-ring (bicyclic) bond motifs is 1. The molecule has 5 heteroatoms. The van der Waals surface area contributed by atoms with E-state index < -0.39 is 0 Å². The maximum atomic E-state index is 9.17. The van der Waals surface area contributed by atoms with Crippen molar-refractivity contribution >= 4 is 23.3 Å². The number of nitrogens with zero attached hydrogens (tertiary/aromatic N) is 3. The predicted octanol–water partition coefficient (Wildman–Crippen LogP) is 3.05. The van der Waals surface area contributed by atoms with Gasteiger partial charge in [-0.3, -0.25) is 4.90 Å². The molecule has 1 aliphatic carbocycles. The summed E-state index contributed by atoms with van der Waals surface area (Å²) in [5, 5.41) is 9.17. The first-order valence-corrected chi connectivity index (χ1v) is 7.36. The first-order valence-electron chi connectivity index (χ1n) is 6.95. The molecule has 0 aliphatic heterocycles. The smallest absolute Gasteiger partial charge is 0.178 e. The van der Waals surface area contributed by atoms with E-state index in [1.807, 2.05) is 18.2 Å². The van der Waals surface area contributed by atoms with Gasteiger partial charge in [-0.25, -0.2) is 0 Å². The van der Waals surface area contributed by atoms with Crippen molar-refractivity contribution in [3.05, 3.63) is 28.5 Å². The summed E-state index contributed by atoms with van der Waals surface area (Å²) in [5.41, 5.74) is 2.52. The van der Waals surface area contributed by atoms with Crippen molar-refractivity contribution in [2.24, 2.45) is 0 Å². The van der Waals surface area contributed by atoms with E-state index in [1.165, 1.54) is 12.8 Å². The molecule has 1 saturated carbocycles. The molecule has 0 spiro atoms. The Bertz CT molecular complexity index is 732. The minimum atomic E-state index is 0.430. The van der Waals surface area contributed by atoms with Gasteiger partial charge in [0.2, 0.25) is 0 Å². The second-order valence-electron chi connectivity index (χ2n) is 5.60. The van der Waals surface area contributed by atoms with Gasteiger partial charge in [0.25, 0.3) is 0 Å². The van der Waals surface area contributed by atoms with Gasteiger partial charge in [-0.2, -0.15) is 5.26 Å². The normalized spacial score (nSPS) is 16.5. The zero-order valence-corrected chi connectivity index (χ0v) is 12.6. The van der Waals surface area contributed by atoms with Crippen LogP contribution in [0, 0.1) is 16.1 Å². The average Bonchev–Trinajstić information content (AvgIpc) is 3.24. The molecule has 4 nitrogen and oxygen atoms in total. The number of rotatable bonds is 4. The fourth-order valence-electron chi connectivity index (χ4n) is 2.69. The van der Waals surface area contributed by atoms with E-state index >= 15 is 0 Å². The lowest BCUT2D eigenvalue weighted by atomic mass is 10.2. The first-order chi connectivity index (χ1) is 9.61. The van der Waals surface area contributed by atoms with Crippen LogP contribution >= 0.6 is 12.2 Å². The number of nitrogens with one attached hydrogen (secondary N) is 1. The quantitative estimate of drug-likeness (QED) is 0.879. The van der Waals surface area contributed by atoms with E-state index in [9.17, 15) is 0 Å². The standard InChI is InChI=1S/C15H18N4S/c1-10(18(2)12-6-7-12)9-19-13-5-3-4-11(8-16)14(13)17-15(19)20/h3-5,10,12H,6-7,9H2,1-2H3,(H,17,20). The van der Waals surface area contributed by atoms with Crippen molar-refractivity contribution in [1.82, 2.24) is 14.5 Å². The van der Waals surface area contributed by atoms with Crippen molar-refractivity contribution in [3.8, 4) is 6.07 Å². The predicted molar refractivity (Wildman–Crippen MR) is 82.1 cm³/mol. The largest absolute Gasteiger partial charge is 0.329 e. The number of nitriles is 1. The average molecular weight is 286 g/mol. The van der Waals surface area contributed by atoms with Crippen LogP contribution in [0.15, 0.2) is 18.2 Å². The van der Waals surface area contributed by atoms with Crippen LogP contribution < -0.4 is 0 Å². The highest BCUT2D eigenvalue weighted by atomic mass is 32.1. The van der Waals surface area contributed by atoms with Gasteiger partial charge in [-0.05, 0) is 51.2 Å². The molecule has 0 amide bonds. The van der Waals surface area contributed by atoms with Crippen molar-refractivity contribution in [1.29, 1.82) is 5.26 Å². The number of hydrogen-bond acceptors (Lipinski definition) is 3. The lowest BCUT2D eigenvalue weighted by Gasteiger charge is -2.25. The number of imidazole rings is 1. The first kappa shape index (κ1) is 13.3. The number of aromatic nitrogens is 2. The van der Waals surface area contributed by atoms with Gasteiger partial charge < -0.3 is 9.55 Å². The molecule has 1 N–H and O–H groups in total. The molecule has 2 aromatic rings. The van der Waals surface area contributed by atoms with Gasteiger partial charge in [-0.1, -0.05) is 6.07 Å². The van der Waals surface area contributed by atoms with Crippen molar-refractivity contribution in [3.63, 3.8) is 0 Å². The number of aromatic amines is 1. The highest BCUT2D eigenvalue weighted by Gasteiger charge is 2.29. The SMILES string of the molecule is CC(Cn1c(=S)[nH]c2c(C#N)cccc21)N(C)C1CC1. The molecular formula is C15H18N4S. The number of H-pyrrole nitrogens is 1. The van der Waals surface area contributed by atoms with Crippen LogP contribution in [-0.4, -0.2) is 33.6 Å². The topological polar surface area (TPSA) is 47.8 Å². The molecule has 1 fully saturated rings. The molecule has 104 valence electrons. The van der Waals surface area contributed by atoms with E-state index in [0.29, 0.717) is 16.4 Å². The summed E-state index contributed by atoms with van der Waals surface area (Å²) >= 11 is 5.43. The number of hydrogen-bond donors (Lipinski definition) is 1. The number of para-hydroxylation sites is 1. The Labute approximate surface area is 123 Å².